The third-order valence-electron chi connectivity index (χ3n) is 4.78. The van der Waals surface area contributed by atoms with Crippen molar-refractivity contribution in [2.75, 3.05) is 19.6 Å². The highest BCUT2D eigenvalue weighted by molar-refractivity contribution is 5.96. The number of imidazole rings is 1. The molecule has 1 atom stereocenters. The number of carbonyl (C=O) groups is 1. The summed E-state index contributed by atoms with van der Waals surface area (Å²) in [6, 6.07) is 5.64. The first-order valence-electron chi connectivity index (χ1n) is 8.59. The number of aromatic nitrogens is 5. The molecule has 3 aromatic rings. The Kier molecular flexibility index (Phi) is 5.57. The van der Waals surface area contributed by atoms with Gasteiger partial charge in [-0.3, -0.25) is 4.79 Å². The second-order valence-electron chi connectivity index (χ2n) is 6.45. The lowest BCUT2D eigenvalue weighted by atomic mass is 10.0. The fourth-order valence-electron chi connectivity index (χ4n) is 3.40. The van der Waals surface area contributed by atoms with Crippen molar-refractivity contribution in [1.29, 1.82) is 0 Å². The van der Waals surface area contributed by atoms with E-state index < -0.39 is 0 Å². The third-order valence-corrected chi connectivity index (χ3v) is 4.78. The molecule has 1 fully saturated rings. The molecule has 1 aromatic carbocycles. The van der Waals surface area contributed by atoms with Crippen LogP contribution in [0.25, 0.3) is 5.69 Å². The van der Waals surface area contributed by atoms with E-state index in [1.807, 2.05) is 47.8 Å². The van der Waals surface area contributed by atoms with Crippen molar-refractivity contribution >= 4 is 18.3 Å². The van der Waals surface area contributed by atoms with Gasteiger partial charge in [-0.05, 0) is 30.7 Å². The molecule has 4 rings (SSSR count). The van der Waals surface area contributed by atoms with Crippen LogP contribution in [0.3, 0.4) is 0 Å². The number of rotatable bonds is 3. The van der Waals surface area contributed by atoms with Gasteiger partial charge in [0.15, 0.2) is 0 Å². The second kappa shape index (κ2) is 7.89. The average molecular weight is 388 g/mol. The monoisotopic (exact) mass is 387 g/mol. The van der Waals surface area contributed by atoms with Crippen molar-refractivity contribution in [2.24, 2.45) is 7.05 Å². The molecule has 2 aromatic heterocycles. The lowest BCUT2D eigenvalue weighted by molar-refractivity contribution is 0.0620. The number of hydrogen-bond acceptors (Lipinski definition) is 5. The maximum absolute atomic E-state index is 13.3. The fraction of sp³-hybridized carbons (Fsp3) is 0.333. The smallest absolute Gasteiger partial charge is 0.254 e. The summed E-state index contributed by atoms with van der Waals surface area (Å²) in [7, 11) is 1.96. The highest BCUT2D eigenvalue weighted by atomic mass is 35.5. The molecule has 1 aliphatic rings. The summed E-state index contributed by atoms with van der Waals surface area (Å²) in [4.78, 5) is 23.6. The molecule has 1 saturated heterocycles. The van der Waals surface area contributed by atoms with Gasteiger partial charge in [-0.15, -0.1) is 12.4 Å². The van der Waals surface area contributed by atoms with Crippen LogP contribution in [0.2, 0.25) is 0 Å². The maximum atomic E-state index is 13.3. The molecule has 1 aliphatic heterocycles. The lowest BCUT2D eigenvalue weighted by Crippen LogP contribution is -2.49. The summed E-state index contributed by atoms with van der Waals surface area (Å²) in [5.41, 5.74) is 2.51. The number of nitrogens with one attached hydrogen (secondary N) is 1. The Bertz CT molecular complexity index is 922. The molecular formula is C18H22ClN7O. The van der Waals surface area contributed by atoms with Crippen molar-refractivity contribution in [3.8, 4) is 5.69 Å². The summed E-state index contributed by atoms with van der Waals surface area (Å²) in [6.45, 7) is 4.09. The Morgan fingerprint density at radius 3 is 2.85 bits per heavy atom. The first kappa shape index (κ1) is 19.1. The Balaban J connectivity index is 0.00000210. The second-order valence-corrected chi connectivity index (χ2v) is 6.45. The van der Waals surface area contributed by atoms with Gasteiger partial charge in [0.25, 0.3) is 5.91 Å². The van der Waals surface area contributed by atoms with Gasteiger partial charge in [0.2, 0.25) is 0 Å². The largest absolute Gasteiger partial charge is 0.336 e. The van der Waals surface area contributed by atoms with Crippen molar-refractivity contribution in [3.05, 3.63) is 60.2 Å². The van der Waals surface area contributed by atoms with Crippen LogP contribution in [0.5, 0.6) is 0 Å². The maximum Gasteiger partial charge on any atom is 0.254 e. The first-order chi connectivity index (χ1) is 12.6. The Labute approximate surface area is 163 Å². The van der Waals surface area contributed by atoms with E-state index in [0.717, 1.165) is 23.6 Å². The highest BCUT2D eigenvalue weighted by Crippen LogP contribution is 2.24. The van der Waals surface area contributed by atoms with E-state index in [2.05, 4.69) is 20.4 Å². The van der Waals surface area contributed by atoms with Crippen LogP contribution in [-0.2, 0) is 7.05 Å². The minimum atomic E-state index is -0.0781. The molecule has 0 radical (unpaired) electrons. The molecule has 0 spiro atoms. The summed E-state index contributed by atoms with van der Waals surface area (Å²) in [5.74, 6) is 0.921. The SMILES string of the molecule is Cc1cc(-n2cncn2)ccc1C(=O)N1CCNCC1c1nccn1C.Cl. The summed E-state index contributed by atoms with van der Waals surface area (Å²) in [6.07, 6.45) is 6.81. The van der Waals surface area contributed by atoms with Crippen LogP contribution in [0.15, 0.2) is 43.2 Å². The van der Waals surface area contributed by atoms with Gasteiger partial charge < -0.3 is 14.8 Å². The van der Waals surface area contributed by atoms with Crippen LogP contribution in [-0.4, -0.2) is 54.8 Å². The van der Waals surface area contributed by atoms with Gasteiger partial charge >= 0.3 is 0 Å². The molecule has 1 amide bonds. The Morgan fingerprint density at radius 1 is 1.33 bits per heavy atom. The molecule has 0 bridgehead atoms. The standard InChI is InChI=1S/C18H21N7O.ClH/c1-13-9-14(25-12-20-11-22-25)3-4-15(13)18(26)24-8-5-19-10-16(24)17-21-6-7-23(17)2;/h3-4,6-7,9,11-12,16,19H,5,8,10H2,1-2H3;1H. The number of hydrogen-bond donors (Lipinski definition) is 1. The van der Waals surface area contributed by atoms with E-state index in [0.29, 0.717) is 18.7 Å². The predicted octanol–water partition coefficient (Wildman–Crippen LogP) is 1.52. The van der Waals surface area contributed by atoms with Gasteiger partial charge in [-0.1, -0.05) is 0 Å². The number of benzene rings is 1. The number of aryl methyl sites for hydroxylation is 2. The molecule has 8 nitrogen and oxygen atoms in total. The van der Waals surface area contributed by atoms with E-state index in [1.165, 1.54) is 6.33 Å². The van der Waals surface area contributed by atoms with Gasteiger partial charge in [0.1, 0.15) is 24.5 Å². The zero-order chi connectivity index (χ0) is 18.1. The average Bonchev–Trinajstić information content (AvgIpc) is 3.33. The molecule has 27 heavy (non-hydrogen) atoms. The zero-order valence-corrected chi connectivity index (χ0v) is 16.1. The van der Waals surface area contributed by atoms with Gasteiger partial charge in [0.05, 0.1) is 5.69 Å². The number of amides is 1. The van der Waals surface area contributed by atoms with Crippen molar-refractivity contribution in [2.45, 2.75) is 13.0 Å². The minimum absolute atomic E-state index is 0. The normalized spacial score (nSPS) is 16.8. The summed E-state index contributed by atoms with van der Waals surface area (Å²) >= 11 is 0. The number of piperazine rings is 1. The van der Waals surface area contributed by atoms with Crippen LogP contribution in [0, 0.1) is 6.92 Å². The van der Waals surface area contributed by atoms with Crippen LogP contribution < -0.4 is 5.32 Å². The van der Waals surface area contributed by atoms with Crippen LogP contribution in [0.1, 0.15) is 27.8 Å². The van der Waals surface area contributed by atoms with E-state index in [4.69, 9.17) is 0 Å². The topological polar surface area (TPSA) is 80.9 Å². The molecule has 3 heterocycles. The molecule has 0 aliphatic carbocycles. The quantitative estimate of drug-likeness (QED) is 0.737. The van der Waals surface area contributed by atoms with Gasteiger partial charge in [-0.25, -0.2) is 14.6 Å². The summed E-state index contributed by atoms with van der Waals surface area (Å²) < 4.78 is 3.65. The Morgan fingerprint density at radius 2 is 2.19 bits per heavy atom. The number of nitrogens with zero attached hydrogens (tertiary/aromatic N) is 6. The zero-order valence-electron chi connectivity index (χ0n) is 15.2. The summed E-state index contributed by atoms with van der Waals surface area (Å²) in [5, 5.41) is 7.50. The molecule has 0 saturated carbocycles. The van der Waals surface area contributed by atoms with Crippen LogP contribution in [0.4, 0.5) is 0 Å². The molecule has 142 valence electrons. The molecule has 1 unspecified atom stereocenters. The fourth-order valence-corrected chi connectivity index (χ4v) is 3.40. The van der Waals surface area contributed by atoms with Crippen molar-refractivity contribution in [3.63, 3.8) is 0 Å². The van der Waals surface area contributed by atoms with Crippen molar-refractivity contribution < 1.29 is 4.79 Å². The first-order valence-corrected chi connectivity index (χ1v) is 8.59. The molecule has 9 heteroatoms. The Hall–Kier alpha value is -2.71. The van der Waals surface area contributed by atoms with E-state index in [-0.39, 0.29) is 24.4 Å². The van der Waals surface area contributed by atoms with E-state index in [9.17, 15) is 4.79 Å². The van der Waals surface area contributed by atoms with Gasteiger partial charge in [-0.2, -0.15) is 5.10 Å². The highest BCUT2D eigenvalue weighted by Gasteiger charge is 2.31. The number of carbonyl (C=O) groups excluding carboxylic acids is 1. The molecule has 1 N–H and O–H groups in total. The predicted molar refractivity (Wildman–Crippen MR) is 103 cm³/mol. The van der Waals surface area contributed by atoms with E-state index in [1.54, 1.807) is 17.2 Å². The molecular weight excluding hydrogens is 366 g/mol. The van der Waals surface area contributed by atoms with Gasteiger partial charge in [0, 0.05) is 44.6 Å². The third kappa shape index (κ3) is 3.58. The number of halogens is 1. The van der Waals surface area contributed by atoms with Crippen molar-refractivity contribution in [1.82, 2.24) is 34.5 Å². The van der Waals surface area contributed by atoms with Crippen LogP contribution >= 0.6 is 12.4 Å². The van der Waals surface area contributed by atoms with E-state index >= 15 is 0 Å². The lowest BCUT2D eigenvalue weighted by Gasteiger charge is -2.36. The minimum Gasteiger partial charge on any atom is -0.336 e.